The molecule has 0 saturated carbocycles. The Labute approximate surface area is 129 Å². The number of rotatable bonds is 5. The maximum Gasteiger partial charge on any atom is 0.271 e. The number of carbonyl (C=O) groups is 2. The first-order chi connectivity index (χ1) is 9.86. The molecule has 8 nitrogen and oxygen atoms in total. The van der Waals surface area contributed by atoms with E-state index >= 15 is 0 Å². The Hall–Kier alpha value is -2.16. The molecule has 2 heterocycles. The van der Waals surface area contributed by atoms with E-state index in [2.05, 4.69) is 31.4 Å². The molecule has 0 atom stereocenters. The quantitative estimate of drug-likeness (QED) is 0.828. The number of amides is 2. The normalized spacial score (nSPS) is 10.6. The molecule has 2 aromatic rings. The molecule has 0 fully saturated rings. The van der Waals surface area contributed by atoms with Crippen LogP contribution in [0.5, 0.6) is 0 Å². The minimum absolute atomic E-state index is 0.0449. The van der Waals surface area contributed by atoms with Crippen LogP contribution in [0.2, 0.25) is 0 Å². The van der Waals surface area contributed by atoms with Gasteiger partial charge in [0.1, 0.15) is 0 Å². The van der Waals surface area contributed by atoms with Crippen molar-refractivity contribution >= 4 is 33.4 Å². The van der Waals surface area contributed by atoms with Gasteiger partial charge in [-0.15, -0.1) is 0 Å². The van der Waals surface area contributed by atoms with Crippen LogP contribution in [0.15, 0.2) is 16.9 Å². The number of halogens is 1. The van der Waals surface area contributed by atoms with Crippen LogP contribution in [0.1, 0.15) is 22.6 Å². The second-order valence-corrected chi connectivity index (χ2v) is 5.41. The summed E-state index contributed by atoms with van der Waals surface area (Å²) in [5.41, 5.74) is 6.42. The number of carbonyl (C=O) groups excluding carboxylic acids is 2. The van der Waals surface area contributed by atoms with Crippen molar-refractivity contribution in [1.29, 1.82) is 0 Å². The minimum atomic E-state index is -0.683. The number of hydrogen-bond donors (Lipinski definition) is 2. The highest BCUT2D eigenvalue weighted by atomic mass is 79.9. The number of anilines is 1. The average molecular weight is 355 g/mol. The highest BCUT2D eigenvalue weighted by Crippen LogP contribution is 2.15. The number of nitrogens with one attached hydrogen (secondary N) is 1. The smallest absolute Gasteiger partial charge is 0.271 e. The van der Waals surface area contributed by atoms with Crippen LogP contribution in [-0.2, 0) is 18.4 Å². The Kier molecular flexibility index (Phi) is 4.41. The van der Waals surface area contributed by atoms with Gasteiger partial charge in [0, 0.05) is 32.4 Å². The van der Waals surface area contributed by atoms with Crippen LogP contribution < -0.4 is 11.1 Å². The second kappa shape index (κ2) is 6.08. The van der Waals surface area contributed by atoms with Gasteiger partial charge >= 0.3 is 0 Å². The summed E-state index contributed by atoms with van der Waals surface area (Å²) in [6.07, 6.45) is 3.56. The lowest BCUT2D eigenvalue weighted by molar-refractivity contribution is -0.116. The summed E-state index contributed by atoms with van der Waals surface area (Å²) in [5, 5.41) is 10.8. The number of nitrogens with two attached hydrogens (primary N) is 1. The first-order valence-electron chi connectivity index (χ1n) is 6.19. The number of aryl methyl sites for hydroxylation is 3. The fourth-order valence-corrected chi connectivity index (χ4v) is 2.11. The summed E-state index contributed by atoms with van der Waals surface area (Å²) >= 11 is 3.36. The van der Waals surface area contributed by atoms with Gasteiger partial charge < -0.3 is 11.1 Å². The molecule has 0 aliphatic rings. The third-order valence-electron chi connectivity index (χ3n) is 2.79. The van der Waals surface area contributed by atoms with E-state index in [-0.39, 0.29) is 18.0 Å². The molecule has 3 N–H and O–H groups in total. The molecule has 2 rings (SSSR count). The van der Waals surface area contributed by atoms with Crippen molar-refractivity contribution in [2.75, 3.05) is 5.32 Å². The van der Waals surface area contributed by atoms with E-state index in [1.165, 1.54) is 10.9 Å². The minimum Gasteiger partial charge on any atom is -0.364 e. The number of aromatic nitrogens is 4. The predicted molar refractivity (Wildman–Crippen MR) is 79.6 cm³/mol. The van der Waals surface area contributed by atoms with E-state index in [1.54, 1.807) is 11.7 Å². The molecular formula is C12H15BrN6O2. The molecule has 2 aromatic heterocycles. The summed E-state index contributed by atoms with van der Waals surface area (Å²) in [7, 11) is 1.64. The van der Waals surface area contributed by atoms with Gasteiger partial charge in [0.2, 0.25) is 5.91 Å². The highest BCUT2D eigenvalue weighted by molar-refractivity contribution is 9.10. The van der Waals surface area contributed by atoms with Crippen LogP contribution in [0.3, 0.4) is 0 Å². The van der Waals surface area contributed by atoms with E-state index in [1.807, 2.05) is 13.1 Å². The van der Waals surface area contributed by atoms with Gasteiger partial charge in [0.25, 0.3) is 5.91 Å². The Morgan fingerprint density at radius 1 is 1.38 bits per heavy atom. The second-order valence-electron chi connectivity index (χ2n) is 4.55. The van der Waals surface area contributed by atoms with Crippen molar-refractivity contribution in [2.45, 2.75) is 19.9 Å². The molecule has 0 bridgehead atoms. The number of hydrogen-bond acceptors (Lipinski definition) is 4. The van der Waals surface area contributed by atoms with Gasteiger partial charge in [-0.1, -0.05) is 0 Å². The monoisotopic (exact) mass is 354 g/mol. The Bertz CT molecular complexity index is 670. The maximum absolute atomic E-state index is 11.9. The van der Waals surface area contributed by atoms with Crippen molar-refractivity contribution in [1.82, 2.24) is 19.6 Å². The van der Waals surface area contributed by atoms with Crippen molar-refractivity contribution < 1.29 is 9.59 Å². The van der Waals surface area contributed by atoms with Gasteiger partial charge in [-0.05, 0) is 22.9 Å². The highest BCUT2D eigenvalue weighted by Gasteiger charge is 2.15. The van der Waals surface area contributed by atoms with Crippen molar-refractivity contribution in [3.63, 3.8) is 0 Å². The predicted octanol–water partition coefficient (Wildman–Crippen LogP) is 0.815. The van der Waals surface area contributed by atoms with Crippen LogP contribution in [0, 0.1) is 6.92 Å². The summed E-state index contributed by atoms with van der Waals surface area (Å²) in [4.78, 5) is 23.1. The first-order valence-corrected chi connectivity index (χ1v) is 6.99. The Morgan fingerprint density at radius 2 is 2.10 bits per heavy atom. The molecule has 0 aliphatic heterocycles. The van der Waals surface area contributed by atoms with Gasteiger partial charge in [-0.3, -0.25) is 19.0 Å². The Morgan fingerprint density at radius 3 is 2.67 bits per heavy atom. The van der Waals surface area contributed by atoms with Crippen molar-refractivity contribution in [3.8, 4) is 0 Å². The zero-order valence-electron chi connectivity index (χ0n) is 11.6. The van der Waals surface area contributed by atoms with E-state index in [4.69, 9.17) is 5.73 Å². The summed E-state index contributed by atoms with van der Waals surface area (Å²) in [6, 6.07) is 0. The Balaban J connectivity index is 1.97. The topological polar surface area (TPSA) is 108 Å². The van der Waals surface area contributed by atoms with E-state index in [9.17, 15) is 9.59 Å². The van der Waals surface area contributed by atoms with Gasteiger partial charge in [0.05, 0.1) is 15.9 Å². The van der Waals surface area contributed by atoms with Crippen molar-refractivity contribution in [2.24, 2.45) is 12.8 Å². The van der Waals surface area contributed by atoms with Crippen LogP contribution in [0.25, 0.3) is 0 Å². The summed E-state index contributed by atoms with van der Waals surface area (Å²) in [5.74, 6) is -0.924. The SMILES string of the molecule is Cc1nn(CCC(=O)Nc2cn(C)nc2C(N)=O)cc1Br. The first kappa shape index (κ1) is 15.2. The largest absolute Gasteiger partial charge is 0.364 e. The van der Waals surface area contributed by atoms with Crippen molar-refractivity contribution in [3.05, 3.63) is 28.3 Å². The van der Waals surface area contributed by atoms with Crippen LogP contribution in [-0.4, -0.2) is 31.4 Å². The number of nitrogens with zero attached hydrogens (tertiary/aromatic N) is 4. The molecular weight excluding hydrogens is 340 g/mol. The molecule has 0 unspecified atom stereocenters. The standard InChI is InChI=1S/C12H15BrN6O2/c1-7-8(13)5-19(16-7)4-3-10(20)15-9-6-18(2)17-11(9)12(14)21/h5-6H,3-4H2,1-2H3,(H2,14,21)(H,15,20). The third-order valence-corrected chi connectivity index (χ3v) is 3.57. The van der Waals surface area contributed by atoms with Crippen LogP contribution in [0.4, 0.5) is 5.69 Å². The number of primary amides is 1. The molecule has 0 radical (unpaired) electrons. The van der Waals surface area contributed by atoms with Gasteiger partial charge in [-0.2, -0.15) is 10.2 Å². The summed E-state index contributed by atoms with van der Waals surface area (Å²) < 4.78 is 3.99. The average Bonchev–Trinajstić information content (AvgIpc) is 2.91. The molecule has 0 saturated heterocycles. The fourth-order valence-electron chi connectivity index (χ4n) is 1.80. The lowest BCUT2D eigenvalue weighted by Crippen LogP contribution is -2.19. The lowest BCUT2D eigenvalue weighted by atomic mass is 10.3. The van der Waals surface area contributed by atoms with E-state index < -0.39 is 5.91 Å². The zero-order chi connectivity index (χ0) is 15.6. The molecule has 9 heteroatoms. The lowest BCUT2D eigenvalue weighted by Gasteiger charge is -2.04. The maximum atomic E-state index is 11.9. The molecule has 0 aliphatic carbocycles. The zero-order valence-corrected chi connectivity index (χ0v) is 13.2. The van der Waals surface area contributed by atoms with Gasteiger partial charge in [-0.25, -0.2) is 0 Å². The van der Waals surface area contributed by atoms with Crippen LogP contribution >= 0.6 is 15.9 Å². The molecule has 0 aromatic carbocycles. The summed E-state index contributed by atoms with van der Waals surface area (Å²) in [6.45, 7) is 2.31. The van der Waals surface area contributed by atoms with Gasteiger partial charge in [0.15, 0.2) is 5.69 Å². The van der Waals surface area contributed by atoms with E-state index in [0.29, 0.717) is 12.2 Å². The molecule has 0 spiro atoms. The molecule has 112 valence electrons. The molecule has 2 amide bonds. The molecule has 21 heavy (non-hydrogen) atoms. The van der Waals surface area contributed by atoms with E-state index in [0.717, 1.165) is 10.2 Å². The fraction of sp³-hybridized carbons (Fsp3) is 0.333. The third kappa shape index (κ3) is 3.69.